The molecular formula is C8H12N6O2. The Morgan fingerprint density at radius 3 is 3.25 bits per heavy atom. The number of ether oxygens (including phenoxy) is 1. The van der Waals surface area contributed by atoms with Crippen LogP contribution in [0, 0.1) is 0 Å². The van der Waals surface area contributed by atoms with E-state index < -0.39 is 6.10 Å². The molecule has 0 saturated carbocycles. The number of tetrazole rings is 1. The van der Waals surface area contributed by atoms with Crippen molar-refractivity contribution in [2.45, 2.75) is 6.10 Å². The molecule has 2 rings (SSSR count). The van der Waals surface area contributed by atoms with Crippen LogP contribution in [-0.2, 0) is 4.74 Å². The Balaban J connectivity index is 2.06. The van der Waals surface area contributed by atoms with E-state index in [2.05, 4.69) is 25.8 Å². The number of anilines is 1. The summed E-state index contributed by atoms with van der Waals surface area (Å²) in [6.45, 7) is 0.612. The van der Waals surface area contributed by atoms with Crippen LogP contribution in [0.4, 0.5) is 5.82 Å². The van der Waals surface area contributed by atoms with E-state index in [1.807, 2.05) is 0 Å². The molecule has 0 aromatic carbocycles. The van der Waals surface area contributed by atoms with Crippen LogP contribution in [0.5, 0.6) is 0 Å². The van der Waals surface area contributed by atoms with E-state index in [0.29, 0.717) is 18.0 Å². The number of hydrogen-bond acceptors (Lipinski definition) is 7. The van der Waals surface area contributed by atoms with E-state index in [4.69, 9.17) is 4.74 Å². The highest BCUT2D eigenvalue weighted by molar-refractivity contribution is 5.43. The predicted molar refractivity (Wildman–Crippen MR) is 54.9 cm³/mol. The van der Waals surface area contributed by atoms with Crippen molar-refractivity contribution in [1.29, 1.82) is 0 Å². The fourth-order valence-corrected chi connectivity index (χ4v) is 1.27. The Hall–Kier alpha value is -1.80. The second-order valence-corrected chi connectivity index (χ2v) is 3.23. The topological polar surface area (TPSA) is 97.5 Å². The maximum Gasteiger partial charge on any atom is 0.199 e. The Bertz CT molecular complexity index is 458. The third-order valence-corrected chi connectivity index (χ3v) is 1.99. The van der Waals surface area contributed by atoms with Crippen molar-refractivity contribution in [1.82, 2.24) is 25.0 Å². The van der Waals surface area contributed by atoms with Gasteiger partial charge in [0.15, 0.2) is 11.5 Å². The van der Waals surface area contributed by atoms with Crippen molar-refractivity contribution >= 4 is 11.5 Å². The summed E-state index contributed by atoms with van der Waals surface area (Å²) < 4.78 is 6.32. The van der Waals surface area contributed by atoms with E-state index in [0.717, 1.165) is 0 Å². The molecule has 1 unspecified atom stereocenters. The van der Waals surface area contributed by atoms with Crippen molar-refractivity contribution < 1.29 is 9.84 Å². The summed E-state index contributed by atoms with van der Waals surface area (Å²) >= 11 is 0. The molecule has 8 nitrogen and oxygen atoms in total. The van der Waals surface area contributed by atoms with Gasteiger partial charge in [-0.15, -0.1) is 5.10 Å². The smallest absolute Gasteiger partial charge is 0.199 e. The normalized spacial score (nSPS) is 12.9. The first kappa shape index (κ1) is 10.7. The number of nitrogens with zero attached hydrogens (tertiary/aromatic N) is 5. The van der Waals surface area contributed by atoms with E-state index >= 15 is 0 Å². The first-order valence-electron chi connectivity index (χ1n) is 4.74. The van der Waals surface area contributed by atoms with E-state index in [-0.39, 0.29) is 6.61 Å². The molecular weight excluding hydrogens is 212 g/mol. The van der Waals surface area contributed by atoms with Crippen molar-refractivity contribution in [3.8, 4) is 0 Å². The van der Waals surface area contributed by atoms with Gasteiger partial charge in [0.25, 0.3) is 0 Å². The summed E-state index contributed by atoms with van der Waals surface area (Å²) in [5.41, 5.74) is 0.547. The zero-order valence-corrected chi connectivity index (χ0v) is 8.74. The summed E-state index contributed by atoms with van der Waals surface area (Å²) in [6, 6.07) is 0. The van der Waals surface area contributed by atoms with Crippen LogP contribution in [0.15, 0.2) is 12.4 Å². The molecule has 0 bridgehead atoms. The summed E-state index contributed by atoms with van der Waals surface area (Å²) in [5, 5.41) is 23.5. The molecule has 0 spiro atoms. The minimum absolute atomic E-state index is 0.270. The zero-order valence-electron chi connectivity index (χ0n) is 8.74. The van der Waals surface area contributed by atoms with Crippen LogP contribution in [0.1, 0.15) is 0 Å². The minimum atomic E-state index is -0.586. The molecule has 16 heavy (non-hydrogen) atoms. The number of fused-ring (bicyclic) bond motifs is 1. The third kappa shape index (κ3) is 2.23. The van der Waals surface area contributed by atoms with Crippen molar-refractivity contribution in [2.24, 2.45) is 0 Å². The average Bonchev–Trinajstić information content (AvgIpc) is 2.75. The summed E-state index contributed by atoms with van der Waals surface area (Å²) in [4.78, 5) is 3.97. The van der Waals surface area contributed by atoms with Gasteiger partial charge in [-0.2, -0.15) is 4.52 Å². The SMILES string of the molecule is COCC(O)CNc1cncc2nnnn12. The lowest BCUT2D eigenvalue weighted by molar-refractivity contribution is 0.0727. The first-order valence-corrected chi connectivity index (χ1v) is 4.74. The summed E-state index contributed by atoms with van der Waals surface area (Å²) in [5.74, 6) is 0.623. The van der Waals surface area contributed by atoms with Crippen molar-refractivity contribution in [2.75, 3.05) is 25.6 Å². The van der Waals surface area contributed by atoms with Crippen LogP contribution in [0.3, 0.4) is 0 Å². The summed E-state index contributed by atoms with van der Waals surface area (Å²) in [6.07, 6.45) is 2.55. The molecule has 0 aliphatic carbocycles. The Kier molecular flexibility index (Phi) is 3.22. The predicted octanol–water partition coefficient (Wildman–Crippen LogP) is -1.06. The molecule has 2 heterocycles. The maximum absolute atomic E-state index is 9.46. The monoisotopic (exact) mass is 224 g/mol. The number of aliphatic hydroxyl groups excluding tert-OH is 1. The Morgan fingerprint density at radius 1 is 1.56 bits per heavy atom. The van der Waals surface area contributed by atoms with Crippen molar-refractivity contribution in [3.63, 3.8) is 0 Å². The lowest BCUT2D eigenvalue weighted by Crippen LogP contribution is -2.25. The number of nitrogens with one attached hydrogen (secondary N) is 1. The van der Waals surface area contributed by atoms with E-state index in [1.165, 1.54) is 11.6 Å². The van der Waals surface area contributed by atoms with E-state index in [9.17, 15) is 5.11 Å². The van der Waals surface area contributed by atoms with Gasteiger partial charge in [-0.3, -0.25) is 4.98 Å². The highest BCUT2D eigenvalue weighted by Crippen LogP contribution is 2.05. The van der Waals surface area contributed by atoms with Gasteiger partial charge in [-0.1, -0.05) is 0 Å². The molecule has 2 N–H and O–H groups in total. The molecule has 1 atom stereocenters. The second kappa shape index (κ2) is 4.81. The largest absolute Gasteiger partial charge is 0.389 e. The average molecular weight is 224 g/mol. The highest BCUT2D eigenvalue weighted by atomic mass is 16.5. The van der Waals surface area contributed by atoms with Gasteiger partial charge >= 0.3 is 0 Å². The van der Waals surface area contributed by atoms with Gasteiger partial charge in [-0.05, 0) is 10.4 Å². The lowest BCUT2D eigenvalue weighted by Gasteiger charge is -2.11. The maximum atomic E-state index is 9.46. The van der Waals surface area contributed by atoms with Crippen molar-refractivity contribution in [3.05, 3.63) is 12.4 Å². The van der Waals surface area contributed by atoms with Gasteiger partial charge in [0, 0.05) is 13.7 Å². The minimum Gasteiger partial charge on any atom is -0.389 e. The van der Waals surface area contributed by atoms with Gasteiger partial charge in [-0.25, -0.2) is 0 Å². The standard InChI is InChI=1S/C8H12N6O2/c1-16-5-6(15)2-10-7-3-9-4-8-11-12-13-14(7)8/h3-4,6,10,15H,2,5H2,1H3. The number of methoxy groups -OCH3 is 1. The Morgan fingerprint density at radius 2 is 2.44 bits per heavy atom. The number of rotatable bonds is 5. The first-order chi connectivity index (χ1) is 7.81. The second-order valence-electron chi connectivity index (χ2n) is 3.23. The molecule has 0 saturated heterocycles. The molecule has 86 valence electrons. The number of aromatic nitrogens is 5. The molecule has 0 fully saturated rings. The third-order valence-electron chi connectivity index (χ3n) is 1.99. The van der Waals surface area contributed by atoms with Gasteiger partial charge in [0.05, 0.1) is 25.1 Å². The number of hydrogen-bond donors (Lipinski definition) is 2. The van der Waals surface area contributed by atoms with Crippen LogP contribution in [0.2, 0.25) is 0 Å². The quantitative estimate of drug-likeness (QED) is 0.668. The number of aliphatic hydroxyl groups is 1. The highest BCUT2D eigenvalue weighted by Gasteiger charge is 2.06. The summed E-state index contributed by atoms with van der Waals surface area (Å²) in [7, 11) is 1.53. The molecule has 0 aliphatic rings. The molecule has 2 aromatic heterocycles. The Labute approximate surface area is 91.3 Å². The van der Waals surface area contributed by atoms with Crippen LogP contribution in [-0.4, -0.2) is 56.5 Å². The van der Waals surface area contributed by atoms with Gasteiger partial charge < -0.3 is 15.2 Å². The van der Waals surface area contributed by atoms with Gasteiger partial charge in [0.2, 0.25) is 0 Å². The van der Waals surface area contributed by atoms with Crippen LogP contribution < -0.4 is 5.32 Å². The fourth-order valence-electron chi connectivity index (χ4n) is 1.27. The fraction of sp³-hybridized carbons (Fsp3) is 0.500. The molecule has 0 amide bonds. The molecule has 0 radical (unpaired) electrons. The molecule has 2 aromatic rings. The van der Waals surface area contributed by atoms with Crippen LogP contribution >= 0.6 is 0 Å². The molecule has 8 heteroatoms. The lowest BCUT2D eigenvalue weighted by atomic mass is 10.4. The van der Waals surface area contributed by atoms with Gasteiger partial charge in [0.1, 0.15) is 0 Å². The van der Waals surface area contributed by atoms with Crippen LogP contribution in [0.25, 0.3) is 5.65 Å². The molecule has 0 aliphatic heterocycles. The van der Waals surface area contributed by atoms with E-state index in [1.54, 1.807) is 12.4 Å². The zero-order chi connectivity index (χ0) is 11.4.